The molecule has 0 saturated carbocycles. The predicted molar refractivity (Wildman–Crippen MR) is 93.8 cm³/mol. The van der Waals surface area contributed by atoms with Gasteiger partial charge in [0, 0.05) is 33.4 Å². The van der Waals surface area contributed by atoms with Crippen LogP contribution in [0.2, 0.25) is 4.34 Å². The number of hydrogen-bond acceptors (Lipinski definition) is 4. The number of nitrogens with two attached hydrogens (primary N) is 1. The van der Waals surface area contributed by atoms with E-state index in [4.69, 9.17) is 17.3 Å². The molecule has 0 radical (unpaired) electrons. The van der Waals surface area contributed by atoms with Gasteiger partial charge in [-0.05, 0) is 47.3 Å². The molecule has 1 unspecified atom stereocenters. The van der Waals surface area contributed by atoms with Gasteiger partial charge in [-0.3, -0.25) is 4.90 Å². The number of nitrogens with zero attached hydrogens (tertiary/aromatic N) is 1. The molecule has 6 heteroatoms. The van der Waals surface area contributed by atoms with Crippen LogP contribution in [0.3, 0.4) is 0 Å². The maximum atomic E-state index is 6.17. The van der Waals surface area contributed by atoms with Crippen LogP contribution < -0.4 is 5.73 Å². The highest BCUT2D eigenvalue weighted by molar-refractivity contribution is 9.10. The van der Waals surface area contributed by atoms with Gasteiger partial charge in [0.25, 0.3) is 0 Å². The van der Waals surface area contributed by atoms with Gasteiger partial charge in [0.1, 0.15) is 4.34 Å². The van der Waals surface area contributed by atoms with Gasteiger partial charge in [0.05, 0.1) is 6.04 Å². The Hall–Kier alpha value is 0.0900. The largest absolute Gasteiger partial charge is 0.329 e. The molecule has 0 aliphatic heterocycles. The highest BCUT2D eigenvalue weighted by atomic mass is 79.9. The van der Waals surface area contributed by atoms with Crippen molar-refractivity contribution in [2.45, 2.75) is 32.5 Å². The van der Waals surface area contributed by atoms with E-state index >= 15 is 0 Å². The van der Waals surface area contributed by atoms with Gasteiger partial charge in [0.15, 0.2) is 0 Å². The first kappa shape index (κ1) is 16.5. The normalized spacial score (nSPS) is 13.3. The molecule has 0 spiro atoms. The van der Waals surface area contributed by atoms with Crippen molar-refractivity contribution in [1.29, 1.82) is 0 Å². The molecular weight excluding hydrogens is 376 g/mol. The summed E-state index contributed by atoms with van der Waals surface area (Å²) >= 11 is 13.0. The Morgan fingerprint density at radius 3 is 2.65 bits per heavy atom. The van der Waals surface area contributed by atoms with Gasteiger partial charge in [-0.2, -0.15) is 0 Å². The molecular formula is C14H18BrClN2S2. The second-order valence-corrected chi connectivity index (χ2v) is 8.44. The van der Waals surface area contributed by atoms with Crippen LogP contribution in [-0.4, -0.2) is 17.5 Å². The minimum absolute atomic E-state index is 0.200. The first-order valence-corrected chi connectivity index (χ1v) is 9.32. The smallest absolute Gasteiger partial charge is 0.107 e. The lowest BCUT2D eigenvalue weighted by Crippen LogP contribution is -2.37. The first-order chi connectivity index (χ1) is 9.52. The summed E-state index contributed by atoms with van der Waals surface area (Å²) in [7, 11) is 0. The Labute approximate surface area is 141 Å². The van der Waals surface area contributed by atoms with Crippen molar-refractivity contribution in [3.63, 3.8) is 0 Å². The second kappa shape index (κ2) is 7.38. The van der Waals surface area contributed by atoms with Crippen LogP contribution in [0.4, 0.5) is 0 Å². The van der Waals surface area contributed by atoms with Crippen molar-refractivity contribution in [3.8, 4) is 0 Å². The molecule has 0 saturated heterocycles. The number of rotatable bonds is 6. The van der Waals surface area contributed by atoms with Crippen LogP contribution in [0.1, 0.15) is 29.6 Å². The zero-order valence-electron chi connectivity index (χ0n) is 11.5. The quantitative estimate of drug-likeness (QED) is 0.736. The molecule has 2 aromatic rings. The predicted octanol–water partition coefficient (Wildman–Crippen LogP) is 5.14. The van der Waals surface area contributed by atoms with E-state index in [-0.39, 0.29) is 6.04 Å². The van der Waals surface area contributed by atoms with Gasteiger partial charge in [-0.25, -0.2) is 0 Å². The standard InChI is InChI=1S/C14H18BrClN2S2/c1-9(2)18(8-10-4-3-5-19-10)12(7-17)13-6-11(15)14(16)20-13/h3-6,9,12H,7-8,17H2,1-2H3. The summed E-state index contributed by atoms with van der Waals surface area (Å²) in [5.41, 5.74) is 6.04. The molecule has 2 nitrogen and oxygen atoms in total. The molecule has 2 N–H and O–H groups in total. The van der Waals surface area contributed by atoms with E-state index in [2.05, 4.69) is 58.3 Å². The van der Waals surface area contributed by atoms with Crippen LogP contribution in [0.15, 0.2) is 28.1 Å². The fourth-order valence-electron chi connectivity index (χ4n) is 2.18. The van der Waals surface area contributed by atoms with Crippen LogP contribution in [-0.2, 0) is 6.54 Å². The molecule has 0 aliphatic carbocycles. The topological polar surface area (TPSA) is 29.3 Å². The third kappa shape index (κ3) is 3.84. The van der Waals surface area contributed by atoms with E-state index in [1.54, 1.807) is 22.7 Å². The van der Waals surface area contributed by atoms with Crippen LogP contribution in [0.25, 0.3) is 0 Å². The number of hydrogen-bond donors (Lipinski definition) is 1. The van der Waals surface area contributed by atoms with Crippen molar-refractivity contribution in [1.82, 2.24) is 4.90 Å². The van der Waals surface area contributed by atoms with Crippen molar-refractivity contribution in [2.24, 2.45) is 5.73 Å². The average Bonchev–Trinajstić information content (AvgIpc) is 3.00. The summed E-state index contributed by atoms with van der Waals surface area (Å²) in [4.78, 5) is 5.01. The summed E-state index contributed by atoms with van der Waals surface area (Å²) in [6.45, 7) is 5.93. The molecule has 0 aliphatic rings. The SMILES string of the molecule is CC(C)N(Cc1cccs1)C(CN)c1cc(Br)c(Cl)s1. The summed E-state index contributed by atoms with van der Waals surface area (Å²) in [6.07, 6.45) is 0. The van der Waals surface area contributed by atoms with Gasteiger partial charge in [-0.1, -0.05) is 17.7 Å². The Morgan fingerprint density at radius 1 is 1.45 bits per heavy atom. The van der Waals surface area contributed by atoms with Crippen LogP contribution >= 0.6 is 50.2 Å². The molecule has 2 aromatic heterocycles. The summed E-state index contributed by atoms with van der Waals surface area (Å²) in [5, 5.41) is 2.11. The van der Waals surface area contributed by atoms with Gasteiger partial charge in [-0.15, -0.1) is 22.7 Å². The van der Waals surface area contributed by atoms with Crippen molar-refractivity contribution < 1.29 is 0 Å². The molecule has 2 heterocycles. The van der Waals surface area contributed by atoms with E-state index in [1.165, 1.54) is 9.75 Å². The van der Waals surface area contributed by atoms with Crippen molar-refractivity contribution in [3.05, 3.63) is 42.1 Å². The van der Waals surface area contributed by atoms with E-state index in [0.29, 0.717) is 12.6 Å². The third-order valence-electron chi connectivity index (χ3n) is 3.20. The average molecular weight is 394 g/mol. The molecule has 110 valence electrons. The van der Waals surface area contributed by atoms with Gasteiger partial charge < -0.3 is 5.73 Å². The van der Waals surface area contributed by atoms with Gasteiger partial charge in [0.2, 0.25) is 0 Å². The van der Waals surface area contributed by atoms with Crippen molar-refractivity contribution in [2.75, 3.05) is 6.54 Å². The Bertz CT molecular complexity index is 520. The highest BCUT2D eigenvalue weighted by Gasteiger charge is 2.24. The Kier molecular flexibility index (Phi) is 6.08. The van der Waals surface area contributed by atoms with Crippen LogP contribution in [0.5, 0.6) is 0 Å². The molecule has 2 rings (SSSR count). The second-order valence-electron chi connectivity index (χ2n) is 4.87. The molecule has 0 aromatic carbocycles. The Balaban J connectivity index is 2.25. The van der Waals surface area contributed by atoms with E-state index in [1.807, 2.05) is 0 Å². The lowest BCUT2D eigenvalue weighted by Gasteiger charge is -2.33. The highest BCUT2D eigenvalue weighted by Crippen LogP contribution is 2.38. The maximum Gasteiger partial charge on any atom is 0.107 e. The summed E-state index contributed by atoms with van der Waals surface area (Å²) in [5.74, 6) is 0. The fraction of sp³-hybridized carbons (Fsp3) is 0.429. The summed E-state index contributed by atoms with van der Waals surface area (Å²) < 4.78 is 1.75. The molecule has 0 amide bonds. The molecule has 1 atom stereocenters. The molecule has 0 bridgehead atoms. The van der Waals surface area contributed by atoms with Gasteiger partial charge >= 0.3 is 0 Å². The molecule has 0 fully saturated rings. The minimum Gasteiger partial charge on any atom is -0.329 e. The van der Waals surface area contributed by atoms with Crippen LogP contribution in [0, 0.1) is 0 Å². The maximum absolute atomic E-state index is 6.17. The van der Waals surface area contributed by atoms with E-state index in [9.17, 15) is 0 Å². The van der Waals surface area contributed by atoms with E-state index < -0.39 is 0 Å². The molecule has 20 heavy (non-hydrogen) atoms. The lowest BCUT2D eigenvalue weighted by molar-refractivity contribution is 0.152. The minimum atomic E-state index is 0.200. The Morgan fingerprint density at radius 2 is 2.20 bits per heavy atom. The number of halogens is 2. The van der Waals surface area contributed by atoms with Crippen molar-refractivity contribution >= 4 is 50.2 Å². The monoisotopic (exact) mass is 392 g/mol. The van der Waals surface area contributed by atoms with E-state index in [0.717, 1.165) is 15.4 Å². The first-order valence-electron chi connectivity index (χ1n) is 6.45. The fourth-order valence-corrected chi connectivity index (χ4v) is 4.76. The number of thiophene rings is 2. The summed E-state index contributed by atoms with van der Waals surface area (Å²) in [6, 6.07) is 6.98. The third-order valence-corrected chi connectivity index (χ3v) is 6.64. The zero-order chi connectivity index (χ0) is 14.7. The zero-order valence-corrected chi connectivity index (χ0v) is 15.5. The lowest BCUT2D eigenvalue weighted by atomic mass is 10.1.